The van der Waals surface area contributed by atoms with Gasteiger partial charge in [-0.25, -0.2) is 4.98 Å². The Morgan fingerprint density at radius 1 is 1.44 bits per heavy atom. The SMILES string of the molecule is CC(C)CNCc1ncoc1CC(F)(F)F. The van der Waals surface area contributed by atoms with Crippen molar-refractivity contribution in [2.75, 3.05) is 6.54 Å². The zero-order valence-corrected chi connectivity index (χ0v) is 9.27. The summed E-state index contributed by atoms with van der Waals surface area (Å²) in [5, 5.41) is 3.02. The van der Waals surface area contributed by atoms with E-state index in [9.17, 15) is 13.2 Å². The Hall–Kier alpha value is -1.04. The lowest BCUT2D eigenvalue weighted by molar-refractivity contribution is -0.130. The van der Waals surface area contributed by atoms with Crippen LogP contribution in [-0.2, 0) is 13.0 Å². The van der Waals surface area contributed by atoms with E-state index < -0.39 is 12.6 Å². The molecule has 1 aromatic rings. The van der Waals surface area contributed by atoms with Crippen LogP contribution >= 0.6 is 0 Å². The molecule has 16 heavy (non-hydrogen) atoms. The molecule has 0 spiro atoms. The van der Waals surface area contributed by atoms with Gasteiger partial charge in [0.1, 0.15) is 12.2 Å². The predicted octanol–water partition coefficient (Wildman–Crippen LogP) is 2.53. The molecule has 92 valence electrons. The quantitative estimate of drug-likeness (QED) is 0.853. The highest BCUT2D eigenvalue weighted by Crippen LogP contribution is 2.22. The van der Waals surface area contributed by atoms with Crippen LogP contribution in [0.4, 0.5) is 13.2 Å². The molecule has 3 nitrogen and oxygen atoms in total. The van der Waals surface area contributed by atoms with E-state index in [-0.39, 0.29) is 5.76 Å². The fourth-order valence-electron chi connectivity index (χ4n) is 1.24. The molecule has 0 fully saturated rings. The molecule has 0 bridgehead atoms. The Bertz CT molecular complexity index is 320. The maximum Gasteiger partial charge on any atom is 0.396 e. The molecule has 6 heteroatoms. The van der Waals surface area contributed by atoms with Crippen LogP contribution in [0.1, 0.15) is 25.3 Å². The van der Waals surface area contributed by atoms with Gasteiger partial charge in [-0.15, -0.1) is 0 Å². The van der Waals surface area contributed by atoms with Crippen LogP contribution in [0.2, 0.25) is 0 Å². The number of nitrogens with zero attached hydrogens (tertiary/aromatic N) is 1. The number of oxazole rings is 1. The van der Waals surface area contributed by atoms with Gasteiger partial charge in [0.05, 0.1) is 5.69 Å². The molecule has 0 atom stereocenters. The molecule has 0 amide bonds. The minimum absolute atomic E-state index is 0.108. The number of nitrogens with one attached hydrogen (secondary N) is 1. The lowest BCUT2D eigenvalue weighted by Crippen LogP contribution is -2.21. The average Bonchev–Trinajstić information content (AvgIpc) is 2.49. The van der Waals surface area contributed by atoms with Crippen LogP contribution < -0.4 is 5.32 Å². The van der Waals surface area contributed by atoms with Crippen molar-refractivity contribution in [1.82, 2.24) is 10.3 Å². The second-order valence-corrected chi connectivity index (χ2v) is 4.04. The van der Waals surface area contributed by atoms with E-state index in [1.807, 2.05) is 13.8 Å². The first-order valence-corrected chi connectivity index (χ1v) is 5.07. The largest absolute Gasteiger partial charge is 0.448 e. The fourth-order valence-corrected chi connectivity index (χ4v) is 1.24. The van der Waals surface area contributed by atoms with Crippen LogP contribution in [0.3, 0.4) is 0 Å². The fraction of sp³-hybridized carbons (Fsp3) is 0.700. The van der Waals surface area contributed by atoms with Crippen molar-refractivity contribution >= 4 is 0 Å². The number of aromatic nitrogens is 1. The maximum atomic E-state index is 12.1. The predicted molar refractivity (Wildman–Crippen MR) is 52.8 cm³/mol. The van der Waals surface area contributed by atoms with Gasteiger partial charge in [0, 0.05) is 6.54 Å². The highest BCUT2D eigenvalue weighted by atomic mass is 19.4. The summed E-state index contributed by atoms with van der Waals surface area (Å²) in [4.78, 5) is 3.77. The van der Waals surface area contributed by atoms with Gasteiger partial charge in [-0.3, -0.25) is 0 Å². The number of alkyl halides is 3. The molecule has 0 radical (unpaired) electrons. The Balaban J connectivity index is 2.51. The summed E-state index contributed by atoms with van der Waals surface area (Å²) in [7, 11) is 0. The van der Waals surface area contributed by atoms with Crippen molar-refractivity contribution in [2.24, 2.45) is 5.92 Å². The normalized spacial score (nSPS) is 12.4. The van der Waals surface area contributed by atoms with Crippen LogP contribution in [0, 0.1) is 5.92 Å². The average molecular weight is 236 g/mol. The minimum atomic E-state index is -4.26. The second-order valence-electron chi connectivity index (χ2n) is 4.04. The Morgan fingerprint density at radius 3 is 2.69 bits per heavy atom. The first-order valence-electron chi connectivity index (χ1n) is 5.07. The van der Waals surface area contributed by atoms with E-state index >= 15 is 0 Å². The molecule has 1 rings (SSSR count). The van der Waals surface area contributed by atoms with E-state index in [2.05, 4.69) is 10.3 Å². The third kappa shape index (κ3) is 4.65. The van der Waals surface area contributed by atoms with Crippen molar-refractivity contribution in [3.05, 3.63) is 17.8 Å². The van der Waals surface area contributed by atoms with E-state index in [4.69, 9.17) is 4.42 Å². The molecule has 0 aliphatic carbocycles. The van der Waals surface area contributed by atoms with Gasteiger partial charge in [-0.2, -0.15) is 13.2 Å². The van der Waals surface area contributed by atoms with Gasteiger partial charge >= 0.3 is 6.18 Å². The van der Waals surface area contributed by atoms with E-state index in [1.165, 1.54) is 0 Å². The lowest BCUT2D eigenvalue weighted by atomic mass is 10.2. The van der Waals surface area contributed by atoms with Crippen LogP contribution in [0.25, 0.3) is 0 Å². The van der Waals surface area contributed by atoms with Crippen molar-refractivity contribution in [1.29, 1.82) is 0 Å². The molecular weight excluding hydrogens is 221 g/mol. The molecule has 0 saturated carbocycles. The van der Waals surface area contributed by atoms with Crippen LogP contribution in [0.15, 0.2) is 10.8 Å². The molecule has 0 aliphatic rings. The van der Waals surface area contributed by atoms with Crippen molar-refractivity contribution in [2.45, 2.75) is 33.0 Å². The zero-order chi connectivity index (χ0) is 12.2. The van der Waals surface area contributed by atoms with Gasteiger partial charge in [0.25, 0.3) is 0 Å². The van der Waals surface area contributed by atoms with Crippen LogP contribution in [0.5, 0.6) is 0 Å². The number of hydrogen-bond donors (Lipinski definition) is 1. The standard InChI is InChI=1S/C10H15F3N2O/c1-7(2)4-14-5-8-9(16-6-15-8)3-10(11,12)13/h6-7,14H,3-5H2,1-2H3. The topological polar surface area (TPSA) is 38.1 Å². The monoisotopic (exact) mass is 236 g/mol. The Morgan fingerprint density at radius 2 is 2.12 bits per heavy atom. The van der Waals surface area contributed by atoms with Crippen molar-refractivity contribution in [3.63, 3.8) is 0 Å². The van der Waals surface area contributed by atoms with Gasteiger partial charge in [-0.1, -0.05) is 13.8 Å². The highest BCUT2D eigenvalue weighted by molar-refractivity contribution is 5.08. The Labute approximate surface area is 92.0 Å². The summed E-state index contributed by atoms with van der Waals surface area (Å²) in [6.45, 7) is 5.08. The zero-order valence-electron chi connectivity index (χ0n) is 9.27. The second kappa shape index (κ2) is 5.34. The van der Waals surface area contributed by atoms with Crippen molar-refractivity contribution in [3.8, 4) is 0 Å². The summed E-state index contributed by atoms with van der Waals surface area (Å²) in [5.41, 5.74) is 0.331. The third-order valence-electron chi connectivity index (χ3n) is 1.93. The number of hydrogen-bond acceptors (Lipinski definition) is 3. The lowest BCUT2D eigenvalue weighted by Gasteiger charge is -2.07. The Kier molecular flexibility index (Phi) is 4.35. The summed E-state index contributed by atoms with van der Waals surface area (Å²) < 4.78 is 41.2. The summed E-state index contributed by atoms with van der Waals surface area (Å²) in [5.74, 6) is 0.335. The highest BCUT2D eigenvalue weighted by Gasteiger charge is 2.31. The van der Waals surface area contributed by atoms with Crippen molar-refractivity contribution < 1.29 is 17.6 Å². The van der Waals surface area contributed by atoms with Gasteiger partial charge in [0.2, 0.25) is 0 Å². The molecule has 1 aromatic heterocycles. The van der Waals surface area contributed by atoms with Gasteiger partial charge in [0.15, 0.2) is 6.39 Å². The smallest absolute Gasteiger partial charge is 0.396 e. The van der Waals surface area contributed by atoms with Crippen LogP contribution in [-0.4, -0.2) is 17.7 Å². The minimum Gasteiger partial charge on any atom is -0.448 e. The maximum absolute atomic E-state index is 12.1. The molecule has 0 unspecified atom stereocenters. The van der Waals surface area contributed by atoms with Gasteiger partial charge in [-0.05, 0) is 12.5 Å². The summed E-state index contributed by atoms with van der Waals surface area (Å²) in [6.07, 6.45) is -4.27. The molecule has 0 aliphatic heterocycles. The molecule has 1 N–H and O–H groups in total. The molecule has 0 aromatic carbocycles. The van der Waals surface area contributed by atoms with E-state index in [0.29, 0.717) is 18.2 Å². The first kappa shape index (κ1) is 13.0. The number of halogens is 3. The summed E-state index contributed by atoms with van der Waals surface area (Å²) in [6, 6.07) is 0. The van der Waals surface area contributed by atoms with E-state index in [0.717, 1.165) is 12.9 Å². The molecular formula is C10H15F3N2O. The molecule has 1 heterocycles. The first-order chi connectivity index (χ1) is 7.38. The number of rotatable bonds is 5. The summed E-state index contributed by atoms with van der Waals surface area (Å²) >= 11 is 0. The van der Waals surface area contributed by atoms with E-state index in [1.54, 1.807) is 0 Å². The molecule has 0 saturated heterocycles. The third-order valence-corrected chi connectivity index (χ3v) is 1.93. The van der Waals surface area contributed by atoms with Gasteiger partial charge < -0.3 is 9.73 Å².